The number of nitrogens with zero attached hydrogens (tertiary/aromatic N) is 1. The van der Waals surface area contributed by atoms with E-state index in [1.165, 1.54) is 14.2 Å². The summed E-state index contributed by atoms with van der Waals surface area (Å²) in [6.07, 6.45) is 5.06. The summed E-state index contributed by atoms with van der Waals surface area (Å²) < 4.78 is 30.3. The molecule has 1 unspecified atom stereocenters. The fourth-order valence-electron chi connectivity index (χ4n) is 2.63. The van der Waals surface area contributed by atoms with Gasteiger partial charge in [-0.2, -0.15) is 0 Å². The lowest BCUT2D eigenvalue weighted by Gasteiger charge is -2.39. The van der Waals surface area contributed by atoms with Crippen molar-refractivity contribution < 1.29 is 18.1 Å². The summed E-state index contributed by atoms with van der Waals surface area (Å²) >= 11 is 0. The third-order valence-electron chi connectivity index (χ3n) is 3.84. The zero-order valence-corrected chi connectivity index (χ0v) is 18.4. The molecular weight excluding hydrogens is 353 g/mol. The van der Waals surface area contributed by atoms with Gasteiger partial charge >= 0.3 is 7.60 Å². The molecule has 0 aliphatic heterocycles. The Balaban J connectivity index is 3.19. The molecule has 0 fully saturated rings. The predicted octanol–water partition coefficient (Wildman–Crippen LogP) is 6.04. The zero-order valence-electron chi connectivity index (χ0n) is 16.5. The first-order chi connectivity index (χ1) is 11.8. The number of para-hydroxylation sites is 1. The van der Waals surface area contributed by atoms with Crippen LogP contribution in [-0.4, -0.2) is 28.3 Å². The van der Waals surface area contributed by atoms with Crippen LogP contribution in [0.2, 0.25) is 19.6 Å². The average molecular weight is 388 g/mol. The maximum absolute atomic E-state index is 13.3. The van der Waals surface area contributed by atoms with Crippen LogP contribution in [0.25, 0.3) is 0 Å². The third-order valence-corrected chi connectivity index (χ3v) is 6.80. The second kappa shape index (κ2) is 10.5. The highest BCUT2D eigenvalue weighted by Crippen LogP contribution is 2.55. The van der Waals surface area contributed by atoms with E-state index in [0.717, 1.165) is 31.4 Å². The maximum Gasteiger partial charge on any atom is 0.354 e. The number of anilines is 1. The number of unbranched alkanes of at least 4 members (excludes halogenated alkanes) is 3. The Kier molecular flexibility index (Phi) is 9.39. The largest absolute Gasteiger partial charge is 0.354 e. The normalized spacial score (nSPS) is 13.7. The van der Waals surface area contributed by atoms with Crippen molar-refractivity contribution >= 4 is 21.6 Å². The Labute approximate surface area is 154 Å². The van der Waals surface area contributed by atoms with Crippen LogP contribution in [0, 0.1) is 0 Å². The molecule has 7 heteroatoms. The molecule has 1 atom stereocenters. The van der Waals surface area contributed by atoms with Crippen molar-refractivity contribution in [2.45, 2.75) is 64.5 Å². The van der Waals surface area contributed by atoms with Crippen molar-refractivity contribution in [3.63, 3.8) is 0 Å². The van der Waals surface area contributed by atoms with Crippen LogP contribution in [0.15, 0.2) is 30.3 Å². The van der Waals surface area contributed by atoms with E-state index in [1.807, 2.05) is 30.3 Å². The maximum atomic E-state index is 13.3. The summed E-state index contributed by atoms with van der Waals surface area (Å²) in [5.74, 6) is -0.464. The molecule has 144 valence electrons. The first-order valence-corrected chi connectivity index (χ1v) is 14.0. The second-order valence-electron chi connectivity index (χ2n) is 7.10. The van der Waals surface area contributed by atoms with Gasteiger partial charge in [0.1, 0.15) is 0 Å². The van der Waals surface area contributed by atoms with Gasteiger partial charge in [0.2, 0.25) is 8.32 Å². The van der Waals surface area contributed by atoms with E-state index in [0.29, 0.717) is 6.42 Å². The van der Waals surface area contributed by atoms with Crippen LogP contribution in [0.1, 0.15) is 39.0 Å². The molecule has 1 aromatic rings. The lowest BCUT2D eigenvalue weighted by Crippen LogP contribution is -2.44. The van der Waals surface area contributed by atoms with Crippen molar-refractivity contribution in [3.8, 4) is 0 Å². The molecule has 1 aromatic carbocycles. The Hall–Kier alpha value is -0.653. The number of benzene rings is 1. The van der Waals surface area contributed by atoms with E-state index in [2.05, 4.69) is 26.6 Å². The standard InChI is InChI=1S/C18H34NO4PSi/c1-7-8-9-13-16-18(24(20,21-2)22-3)19(23-25(4,5)6)17-14-11-10-12-15-17/h10-12,14-15,18H,7-9,13,16H2,1-6H3. The fourth-order valence-corrected chi connectivity index (χ4v) is 5.11. The molecule has 0 spiro atoms. The van der Waals surface area contributed by atoms with Crippen LogP contribution in [0.5, 0.6) is 0 Å². The third kappa shape index (κ3) is 7.23. The quantitative estimate of drug-likeness (QED) is 0.189. The molecule has 0 radical (unpaired) electrons. The smallest absolute Gasteiger partial charge is 0.319 e. The summed E-state index contributed by atoms with van der Waals surface area (Å²) in [5, 5.41) is 1.78. The van der Waals surface area contributed by atoms with Gasteiger partial charge in [0.15, 0.2) is 5.78 Å². The molecule has 0 heterocycles. The molecular formula is C18H34NO4PSi. The Bertz CT molecular complexity index is 528. The van der Waals surface area contributed by atoms with Gasteiger partial charge in [-0.15, -0.1) is 0 Å². The highest BCUT2D eigenvalue weighted by atomic mass is 31.2. The first kappa shape index (κ1) is 22.4. The Morgan fingerprint density at radius 3 is 2.12 bits per heavy atom. The van der Waals surface area contributed by atoms with Crippen LogP contribution in [0.4, 0.5) is 5.69 Å². The zero-order chi connectivity index (χ0) is 18.9. The Morgan fingerprint density at radius 1 is 1.04 bits per heavy atom. The van der Waals surface area contributed by atoms with Crippen molar-refractivity contribution in [3.05, 3.63) is 30.3 Å². The van der Waals surface area contributed by atoms with Crippen molar-refractivity contribution in [2.75, 3.05) is 19.3 Å². The minimum absolute atomic E-state index is 0.464. The summed E-state index contributed by atoms with van der Waals surface area (Å²) in [4.78, 5) is 0. The van der Waals surface area contributed by atoms with Gasteiger partial charge in [-0.05, 0) is 38.2 Å². The van der Waals surface area contributed by atoms with Gasteiger partial charge < -0.3 is 13.6 Å². The molecule has 0 aromatic heterocycles. The first-order valence-electron chi connectivity index (χ1n) is 9.02. The van der Waals surface area contributed by atoms with Crippen molar-refractivity contribution in [2.24, 2.45) is 0 Å². The minimum atomic E-state index is -3.32. The van der Waals surface area contributed by atoms with Crippen LogP contribution in [0.3, 0.4) is 0 Å². The van der Waals surface area contributed by atoms with E-state index in [9.17, 15) is 4.57 Å². The number of rotatable bonds is 12. The molecule has 25 heavy (non-hydrogen) atoms. The van der Waals surface area contributed by atoms with E-state index in [-0.39, 0.29) is 0 Å². The van der Waals surface area contributed by atoms with E-state index >= 15 is 0 Å². The summed E-state index contributed by atoms with van der Waals surface area (Å²) in [5.41, 5.74) is 0.875. The molecule has 0 aliphatic carbocycles. The SMILES string of the molecule is CCCCCCC(N(O[Si](C)(C)C)c1ccccc1)P(=O)(OC)OC. The number of hydrogen-bond acceptors (Lipinski definition) is 5. The molecule has 0 saturated carbocycles. The topological polar surface area (TPSA) is 48.0 Å². The van der Waals surface area contributed by atoms with Gasteiger partial charge in [-0.3, -0.25) is 9.63 Å². The molecule has 0 N–H and O–H groups in total. The second-order valence-corrected chi connectivity index (χ2v) is 13.9. The highest BCUT2D eigenvalue weighted by molar-refractivity contribution is 7.54. The minimum Gasteiger partial charge on any atom is -0.319 e. The van der Waals surface area contributed by atoms with Crippen LogP contribution < -0.4 is 5.06 Å². The number of hydrogen-bond donors (Lipinski definition) is 0. The number of hydroxylamine groups is 1. The molecule has 1 rings (SSSR count). The van der Waals surface area contributed by atoms with Crippen molar-refractivity contribution in [1.82, 2.24) is 0 Å². The van der Waals surface area contributed by atoms with Crippen LogP contribution >= 0.6 is 7.60 Å². The molecule has 0 bridgehead atoms. The lowest BCUT2D eigenvalue weighted by molar-refractivity contribution is 0.209. The van der Waals surface area contributed by atoms with E-state index in [4.69, 9.17) is 13.6 Å². The van der Waals surface area contributed by atoms with E-state index in [1.54, 1.807) is 5.06 Å². The van der Waals surface area contributed by atoms with Crippen LogP contribution in [-0.2, 0) is 18.1 Å². The monoisotopic (exact) mass is 387 g/mol. The fraction of sp³-hybridized carbons (Fsp3) is 0.667. The van der Waals surface area contributed by atoms with E-state index < -0.39 is 21.7 Å². The average Bonchev–Trinajstić information content (AvgIpc) is 2.59. The summed E-state index contributed by atoms with van der Waals surface area (Å²) in [6, 6.07) is 9.80. The lowest BCUT2D eigenvalue weighted by atomic mass is 10.1. The molecule has 0 aliphatic rings. The van der Waals surface area contributed by atoms with Gasteiger partial charge in [-0.1, -0.05) is 50.8 Å². The molecule has 0 saturated heterocycles. The summed E-state index contributed by atoms with van der Waals surface area (Å²) in [7, 11) is -2.36. The molecule has 5 nitrogen and oxygen atoms in total. The predicted molar refractivity (Wildman–Crippen MR) is 108 cm³/mol. The van der Waals surface area contributed by atoms with Gasteiger partial charge in [0, 0.05) is 14.2 Å². The highest BCUT2D eigenvalue weighted by Gasteiger charge is 2.41. The molecule has 0 amide bonds. The summed E-state index contributed by atoms with van der Waals surface area (Å²) in [6.45, 7) is 8.52. The van der Waals surface area contributed by atoms with Gasteiger partial charge in [0.25, 0.3) is 0 Å². The van der Waals surface area contributed by atoms with Gasteiger partial charge in [0.05, 0.1) is 5.69 Å². The Morgan fingerprint density at radius 2 is 1.64 bits per heavy atom. The van der Waals surface area contributed by atoms with Crippen molar-refractivity contribution in [1.29, 1.82) is 0 Å². The van der Waals surface area contributed by atoms with Gasteiger partial charge in [-0.25, -0.2) is 0 Å².